The lowest BCUT2D eigenvalue weighted by atomic mass is 10.00. The molecule has 2 N–H and O–H groups in total. The Labute approximate surface area is 168 Å². The van der Waals surface area contributed by atoms with E-state index in [2.05, 4.69) is 10.5 Å². The first-order valence-electron chi connectivity index (χ1n) is 8.61. The van der Waals surface area contributed by atoms with E-state index >= 15 is 0 Å². The van der Waals surface area contributed by atoms with Crippen LogP contribution in [0, 0.1) is 20.2 Å². The van der Waals surface area contributed by atoms with Crippen molar-refractivity contribution < 1.29 is 19.7 Å². The maximum absolute atomic E-state index is 11.7. The van der Waals surface area contributed by atoms with Gasteiger partial charge in [-0.1, -0.05) is 36.4 Å². The summed E-state index contributed by atoms with van der Waals surface area (Å²) in [5.41, 5.74) is 4.62. The van der Waals surface area contributed by atoms with E-state index in [1.807, 2.05) is 0 Å². The van der Waals surface area contributed by atoms with E-state index in [4.69, 9.17) is 0 Å². The Morgan fingerprint density at radius 1 is 0.900 bits per heavy atom. The summed E-state index contributed by atoms with van der Waals surface area (Å²) >= 11 is 0. The fraction of sp³-hybridized carbons (Fsp3) is 0. The third-order valence-corrected chi connectivity index (χ3v) is 4.68. The Balaban J connectivity index is 1.84. The minimum absolute atomic E-state index is 0.0292. The van der Waals surface area contributed by atoms with Crippen molar-refractivity contribution in [1.82, 2.24) is 0 Å². The fourth-order valence-electron chi connectivity index (χ4n) is 3.39. The Morgan fingerprint density at radius 3 is 2.27 bits per heavy atom. The molecule has 0 radical (unpaired) electrons. The molecule has 148 valence electrons. The number of nitrogens with one attached hydrogen (secondary N) is 1. The van der Waals surface area contributed by atoms with Crippen LogP contribution in [0.15, 0.2) is 65.8 Å². The van der Waals surface area contributed by atoms with Crippen LogP contribution in [0.5, 0.6) is 0 Å². The van der Waals surface area contributed by atoms with Crippen LogP contribution in [-0.2, 0) is 0 Å². The van der Waals surface area contributed by atoms with Gasteiger partial charge in [-0.25, -0.2) is 4.79 Å². The highest BCUT2D eigenvalue weighted by atomic mass is 16.6. The summed E-state index contributed by atoms with van der Waals surface area (Å²) in [5.74, 6) is -1.08. The number of hydrogen-bond acceptors (Lipinski definition) is 7. The van der Waals surface area contributed by atoms with Gasteiger partial charge in [-0.3, -0.25) is 25.7 Å². The van der Waals surface area contributed by atoms with Crippen molar-refractivity contribution in [3.05, 3.63) is 97.6 Å². The number of aromatic carboxylic acids is 1. The Hall–Kier alpha value is -4.60. The van der Waals surface area contributed by atoms with Gasteiger partial charge in [-0.05, 0) is 17.7 Å². The quantitative estimate of drug-likeness (QED) is 0.376. The molecule has 0 fully saturated rings. The van der Waals surface area contributed by atoms with Crippen molar-refractivity contribution in [2.24, 2.45) is 5.10 Å². The third-order valence-electron chi connectivity index (χ3n) is 4.68. The lowest BCUT2D eigenvalue weighted by molar-refractivity contribution is -0.393. The zero-order chi connectivity index (χ0) is 21.4. The predicted molar refractivity (Wildman–Crippen MR) is 108 cm³/mol. The first-order valence-corrected chi connectivity index (χ1v) is 8.61. The second kappa shape index (κ2) is 7.09. The van der Waals surface area contributed by atoms with Gasteiger partial charge in [0.15, 0.2) is 0 Å². The second-order valence-electron chi connectivity index (χ2n) is 6.37. The smallest absolute Gasteiger partial charge is 0.336 e. The van der Waals surface area contributed by atoms with Gasteiger partial charge in [0.2, 0.25) is 0 Å². The van der Waals surface area contributed by atoms with E-state index < -0.39 is 27.2 Å². The Morgan fingerprint density at radius 2 is 1.60 bits per heavy atom. The Bertz CT molecular complexity index is 1270. The molecule has 0 atom stereocenters. The number of fused-ring (bicyclic) bond motifs is 3. The summed E-state index contributed by atoms with van der Waals surface area (Å²) in [7, 11) is 0. The highest BCUT2D eigenvalue weighted by molar-refractivity contribution is 6.26. The number of hydrazone groups is 1. The van der Waals surface area contributed by atoms with E-state index in [0.717, 1.165) is 12.1 Å². The van der Waals surface area contributed by atoms with E-state index in [-0.39, 0.29) is 11.3 Å². The summed E-state index contributed by atoms with van der Waals surface area (Å²) in [6.07, 6.45) is 0. The monoisotopic (exact) mass is 404 g/mol. The molecule has 0 amide bonds. The van der Waals surface area contributed by atoms with Crippen LogP contribution in [0.3, 0.4) is 0 Å². The summed E-state index contributed by atoms with van der Waals surface area (Å²) in [6, 6.07) is 15.1. The maximum atomic E-state index is 11.7. The molecule has 0 spiro atoms. The number of carboxylic acid groups (broad SMARTS) is 1. The predicted octanol–water partition coefficient (Wildman–Crippen LogP) is 4.05. The number of nitrogens with zero attached hydrogens (tertiary/aromatic N) is 3. The van der Waals surface area contributed by atoms with Gasteiger partial charge in [-0.2, -0.15) is 5.10 Å². The molecule has 0 saturated carbocycles. The molecule has 1 aliphatic carbocycles. The first kappa shape index (κ1) is 18.7. The normalized spacial score (nSPS) is 12.9. The van der Waals surface area contributed by atoms with Gasteiger partial charge in [0.25, 0.3) is 5.69 Å². The molecule has 0 saturated heterocycles. The van der Waals surface area contributed by atoms with Gasteiger partial charge in [0.05, 0.1) is 27.2 Å². The number of hydrogen-bond donors (Lipinski definition) is 2. The van der Waals surface area contributed by atoms with Crippen LogP contribution in [0.2, 0.25) is 0 Å². The topological polar surface area (TPSA) is 148 Å². The number of carboxylic acids is 1. The molecule has 0 unspecified atom stereocenters. The largest absolute Gasteiger partial charge is 0.478 e. The number of rotatable bonds is 5. The van der Waals surface area contributed by atoms with Crippen LogP contribution in [-0.4, -0.2) is 26.6 Å². The van der Waals surface area contributed by atoms with Crippen LogP contribution in [0.25, 0.3) is 11.1 Å². The molecular weight excluding hydrogens is 392 g/mol. The SMILES string of the molecule is O=C(O)c1cccc2c1-c1ccccc1/C2=N/Nc1ccc([N+](=O)[O-])cc1[N+](=O)[O-]. The molecule has 30 heavy (non-hydrogen) atoms. The molecule has 0 aliphatic heterocycles. The molecule has 0 heterocycles. The van der Waals surface area contributed by atoms with Crippen molar-refractivity contribution >= 4 is 28.7 Å². The number of anilines is 1. The highest BCUT2D eigenvalue weighted by Gasteiger charge is 2.29. The zero-order valence-corrected chi connectivity index (χ0v) is 15.1. The molecule has 1 aliphatic rings. The highest BCUT2D eigenvalue weighted by Crippen LogP contribution is 2.39. The molecule has 0 bridgehead atoms. The lowest BCUT2D eigenvalue weighted by Crippen LogP contribution is -2.05. The van der Waals surface area contributed by atoms with Gasteiger partial charge >= 0.3 is 11.7 Å². The first-order chi connectivity index (χ1) is 14.4. The number of non-ortho nitro benzene ring substituents is 1. The zero-order valence-electron chi connectivity index (χ0n) is 15.1. The molecule has 10 nitrogen and oxygen atoms in total. The van der Waals surface area contributed by atoms with Gasteiger partial charge in [-0.15, -0.1) is 0 Å². The lowest BCUT2D eigenvalue weighted by Gasteiger charge is -2.06. The number of benzene rings is 3. The van der Waals surface area contributed by atoms with Crippen LogP contribution in [0.4, 0.5) is 17.1 Å². The van der Waals surface area contributed by atoms with Gasteiger partial charge in [0, 0.05) is 22.8 Å². The molecule has 4 rings (SSSR count). The minimum Gasteiger partial charge on any atom is -0.478 e. The molecule has 10 heteroatoms. The van der Waals surface area contributed by atoms with E-state index in [1.54, 1.807) is 36.4 Å². The summed E-state index contributed by atoms with van der Waals surface area (Å²) in [6.45, 7) is 0. The standard InChI is InChI=1S/C20H12N4O6/c25-20(26)15-7-3-6-14-18(15)12-4-1-2-5-13(12)19(14)22-21-16-9-8-11(23(27)28)10-17(16)24(29)30/h1-10,21H,(H,25,26)/b22-19-. The summed E-state index contributed by atoms with van der Waals surface area (Å²) in [5, 5.41) is 36.1. The van der Waals surface area contributed by atoms with E-state index in [9.17, 15) is 30.1 Å². The fourth-order valence-corrected chi connectivity index (χ4v) is 3.39. The van der Waals surface area contributed by atoms with Crippen LogP contribution < -0.4 is 5.43 Å². The van der Waals surface area contributed by atoms with Crippen molar-refractivity contribution in [1.29, 1.82) is 0 Å². The Kier molecular flexibility index (Phi) is 4.43. The van der Waals surface area contributed by atoms with Crippen molar-refractivity contribution in [2.75, 3.05) is 5.43 Å². The van der Waals surface area contributed by atoms with E-state index in [0.29, 0.717) is 28.0 Å². The summed E-state index contributed by atoms with van der Waals surface area (Å²) in [4.78, 5) is 32.5. The average molecular weight is 404 g/mol. The van der Waals surface area contributed by atoms with Crippen molar-refractivity contribution in [3.63, 3.8) is 0 Å². The average Bonchev–Trinajstić information content (AvgIpc) is 3.05. The van der Waals surface area contributed by atoms with Gasteiger partial charge in [0.1, 0.15) is 5.69 Å². The maximum Gasteiger partial charge on any atom is 0.336 e. The number of nitro groups is 2. The summed E-state index contributed by atoms with van der Waals surface area (Å²) < 4.78 is 0. The van der Waals surface area contributed by atoms with Gasteiger partial charge < -0.3 is 5.11 Å². The number of carbonyl (C=O) groups is 1. The molecular formula is C20H12N4O6. The van der Waals surface area contributed by atoms with Crippen molar-refractivity contribution in [2.45, 2.75) is 0 Å². The van der Waals surface area contributed by atoms with Crippen LogP contribution >= 0.6 is 0 Å². The van der Waals surface area contributed by atoms with Crippen LogP contribution in [0.1, 0.15) is 21.5 Å². The second-order valence-corrected chi connectivity index (χ2v) is 6.37. The molecule has 0 aromatic heterocycles. The minimum atomic E-state index is -1.08. The number of nitro benzene ring substituents is 2. The molecule has 3 aromatic rings. The molecule has 3 aromatic carbocycles. The van der Waals surface area contributed by atoms with E-state index in [1.165, 1.54) is 12.1 Å². The van der Waals surface area contributed by atoms with Crippen molar-refractivity contribution in [3.8, 4) is 11.1 Å². The third kappa shape index (κ3) is 3.02.